The Labute approximate surface area is 107 Å². The van der Waals surface area contributed by atoms with E-state index in [4.69, 9.17) is 10.7 Å². The Hall–Kier alpha value is -0.580. The molecule has 0 aliphatic carbocycles. The summed E-state index contributed by atoms with van der Waals surface area (Å²) in [5, 5.41) is 2.36. The van der Waals surface area contributed by atoms with E-state index in [9.17, 15) is 8.42 Å². The van der Waals surface area contributed by atoms with Crippen LogP contribution in [-0.4, -0.2) is 8.42 Å². The van der Waals surface area contributed by atoms with Crippen LogP contribution in [0, 0.1) is 0 Å². The minimum Gasteiger partial charge on any atom is -0.207 e. The Morgan fingerprint density at radius 2 is 1.81 bits per heavy atom. The summed E-state index contributed by atoms with van der Waals surface area (Å²) < 4.78 is 22.8. The van der Waals surface area contributed by atoms with Crippen LogP contribution in [0.25, 0.3) is 10.8 Å². The summed E-state index contributed by atoms with van der Waals surface area (Å²) in [5.74, 6) is 0. The van der Waals surface area contributed by atoms with Crippen LogP contribution in [0.15, 0.2) is 41.3 Å². The maximum absolute atomic E-state index is 11.4. The number of rotatable bonds is 2. The molecule has 0 radical (unpaired) electrons. The van der Waals surface area contributed by atoms with E-state index in [0.717, 1.165) is 10.8 Å². The highest BCUT2D eigenvalue weighted by Gasteiger charge is 2.16. The van der Waals surface area contributed by atoms with E-state index in [1.807, 2.05) is 24.3 Å². The zero-order valence-corrected chi connectivity index (χ0v) is 11.3. The fourth-order valence-corrected chi connectivity index (χ4v) is 3.61. The second-order valence-electron chi connectivity index (χ2n) is 3.33. The van der Waals surface area contributed by atoms with Crippen molar-refractivity contribution in [3.63, 3.8) is 0 Å². The molecule has 0 amide bonds. The average molecular weight is 320 g/mol. The summed E-state index contributed by atoms with van der Waals surface area (Å²) in [7, 11) is 1.70. The van der Waals surface area contributed by atoms with Gasteiger partial charge in [-0.05, 0) is 22.4 Å². The predicted molar refractivity (Wildman–Crippen MR) is 69.6 cm³/mol. The van der Waals surface area contributed by atoms with Gasteiger partial charge in [-0.2, -0.15) is 0 Å². The van der Waals surface area contributed by atoms with Gasteiger partial charge in [0.1, 0.15) is 0 Å². The van der Waals surface area contributed by atoms with Crippen molar-refractivity contribution >= 4 is 46.4 Å². The van der Waals surface area contributed by atoms with Crippen LogP contribution in [0.3, 0.4) is 0 Å². The largest absolute Gasteiger partial charge is 0.261 e. The molecule has 0 spiro atoms. The monoisotopic (exact) mass is 318 g/mol. The molecule has 0 aromatic heterocycles. The van der Waals surface area contributed by atoms with Crippen LogP contribution in [0.1, 0.15) is 5.56 Å². The van der Waals surface area contributed by atoms with Gasteiger partial charge in [-0.25, -0.2) is 8.42 Å². The van der Waals surface area contributed by atoms with Gasteiger partial charge in [-0.3, -0.25) is 0 Å². The predicted octanol–water partition coefficient (Wildman–Crippen LogP) is 3.66. The molecule has 0 unspecified atom stereocenters. The summed E-state index contributed by atoms with van der Waals surface area (Å²) in [6.07, 6.45) is 0. The van der Waals surface area contributed by atoms with Crippen molar-refractivity contribution in [1.82, 2.24) is 0 Å². The number of benzene rings is 2. The van der Waals surface area contributed by atoms with Crippen molar-refractivity contribution in [3.05, 3.63) is 42.0 Å². The van der Waals surface area contributed by atoms with Gasteiger partial charge in [-0.15, -0.1) is 0 Å². The molecule has 0 aliphatic heterocycles. The molecule has 0 bridgehead atoms. The van der Waals surface area contributed by atoms with Gasteiger partial charge in [-0.1, -0.05) is 46.3 Å². The van der Waals surface area contributed by atoms with E-state index in [-0.39, 0.29) is 4.90 Å². The van der Waals surface area contributed by atoms with E-state index in [1.54, 1.807) is 12.1 Å². The summed E-state index contributed by atoms with van der Waals surface area (Å²) >= 11 is 3.30. The molecule has 16 heavy (non-hydrogen) atoms. The minimum absolute atomic E-state index is 0.171. The first kappa shape index (κ1) is 11.9. The molecule has 0 heterocycles. The van der Waals surface area contributed by atoms with Crippen molar-refractivity contribution in [2.45, 2.75) is 10.2 Å². The maximum Gasteiger partial charge on any atom is 0.261 e. The molecule has 2 aromatic carbocycles. The van der Waals surface area contributed by atoms with Gasteiger partial charge < -0.3 is 0 Å². The molecule has 0 N–H and O–H groups in total. The average Bonchev–Trinajstić information content (AvgIpc) is 2.26. The fourth-order valence-electron chi connectivity index (χ4n) is 1.68. The zero-order valence-electron chi connectivity index (χ0n) is 8.15. The van der Waals surface area contributed by atoms with Crippen LogP contribution < -0.4 is 0 Å². The van der Waals surface area contributed by atoms with Crippen molar-refractivity contribution in [1.29, 1.82) is 0 Å². The molecule has 2 aromatic rings. The maximum atomic E-state index is 11.4. The Kier molecular flexibility index (Phi) is 3.24. The smallest absolute Gasteiger partial charge is 0.207 e. The van der Waals surface area contributed by atoms with Crippen LogP contribution in [0.4, 0.5) is 0 Å². The minimum atomic E-state index is -3.69. The third-order valence-electron chi connectivity index (χ3n) is 2.39. The Bertz CT molecular complexity index is 637. The lowest BCUT2D eigenvalue weighted by Crippen LogP contribution is -1.97. The highest BCUT2D eigenvalue weighted by molar-refractivity contribution is 9.08. The third-order valence-corrected chi connectivity index (χ3v) is 4.36. The van der Waals surface area contributed by atoms with Crippen molar-refractivity contribution in [3.8, 4) is 0 Å². The lowest BCUT2D eigenvalue weighted by molar-refractivity contribution is 0.609. The van der Waals surface area contributed by atoms with E-state index in [0.29, 0.717) is 10.9 Å². The second-order valence-corrected chi connectivity index (χ2v) is 6.43. The Morgan fingerprint density at radius 1 is 1.12 bits per heavy atom. The fraction of sp³-hybridized carbons (Fsp3) is 0.0909. The SMILES string of the molecule is O=S(=O)(Cl)c1ccc2ccccc2c1CBr. The van der Waals surface area contributed by atoms with Crippen molar-refractivity contribution in [2.75, 3.05) is 0 Å². The van der Waals surface area contributed by atoms with E-state index in [2.05, 4.69) is 15.9 Å². The van der Waals surface area contributed by atoms with Gasteiger partial charge in [0.05, 0.1) is 4.90 Å². The summed E-state index contributed by atoms with van der Waals surface area (Å²) in [6.45, 7) is 0. The summed E-state index contributed by atoms with van der Waals surface area (Å²) in [5.41, 5.74) is 0.702. The second kappa shape index (κ2) is 4.35. The highest BCUT2D eigenvalue weighted by atomic mass is 79.9. The van der Waals surface area contributed by atoms with E-state index >= 15 is 0 Å². The normalized spacial score (nSPS) is 11.9. The molecule has 0 saturated heterocycles. The summed E-state index contributed by atoms with van der Waals surface area (Å²) in [6, 6.07) is 10.9. The lowest BCUT2D eigenvalue weighted by atomic mass is 10.1. The van der Waals surface area contributed by atoms with Crippen LogP contribution in [-0.2, 0) is 14.4 Å². The molecule has 0 atom stereocenters. The quantitative estimate of drug-likeness (QED) is 0.625. The number of halogens is 2. The highest BCUT2D eigenvalue weighted by Crippen LogP contribution is 2.29. The molecular weight excluding hydrogens is 312 g/mol. The van der Waals surface area contributed by atoms with Gasteiger partial charge in [0.2, 0.25) is 0 Å². The summed E-state index contributed by atoms with van der Waals surface area (Å²) in [4.78, 5) is 0.171. The molecule has 0 fully saturated rings. The number of fused-ring (bicyclic) bond motifs is 1. The van der Waals surface area contributed by atoms with Gasteiger partial charge in [0.15, 0.2) is 0 Å². The topological polar surface area (TPSA) is 34.1 Å². The van der Waals surface area contributed by atoms with E-state index in [1.165, 1.54) is 0 Å². The van der Waals surface area contributed by atoms with Crippen molar-refractivity contribution < 1.29 is 8.42 Å². The van der Waals surface area contributed by atoms with Crippen LogP contribution in [0.2, 0.25) is 0 Å². The Balaban J connectivity index is 2.89. The Morgan fingerprint density at radius 3 is 2.44 bits per heavy atom. The van der Waals surface area contributed by atoms with Crippen molar-refractivity contribution in [2.24, 2.45) is 0 Å². The standard InChI is InChI=1S/C11H8BrClO2S/c12-7-10-9-4-2-1-3-8(9)5-6-11(10)16(13,14)15/h1-6H,7H2. The van der Waals surface area contributed by atoms with Gasteiger partial charge in [0, 0.05) is 16.0 Å². The third kappa shape index (κ3) is 2.10. The molecule has 0 saturated carbocycles. The molecule has 84 valence electrons. The zero-order chi connectivity index (χ0) is 11.8. The van der Waals surface area contributed by atoms with Gasteiger partial charge in [0.25, 0.3) is 9.05 Å². The molecule has 5 heteroatoms. The van der Waals surface area contributed by atoms with Gasteiger partial charge >= 0.3 is 0 Å². The lowest BCUT2D eigenvalue weighted by Gasteiger charge is -2.08. The molecule has 2 nitrogen and oxygen atoms in total. The molecule has 0 aliphatic rings. The molecular formula is C11H8BrClO2S. The number of hydrogen-bond donors (Lipinski definition) is 0. The number of alkyl halides is 1. The van der Waals surface area contributed by atoms with Crippen LogP contribution >= 0.6 is 26.6 Å². The van der Waals surface area contributed by atoms with Crippen LogP contribution in [0.5, 0.6) is 0 Å². The first-order chi connectivity index (χ1) is 7.54. The molecule has 2 rings (SSSR count). The first-order valence-corrected chi connectivity index (χ1v) is 7.98. The first-order valence-electron chi connectivity index (χ1n) is 4.55. The van der Waals surface area contributed by atoms with E-state index < -0.39 is 9.05 Å². The number of hydrogen-bond acceptors (Lipinski definition) is 2.